The Bertz CT molecular complexity index is 493. The molecule has 0 spiro atoms. The highest BCUT2D eigenvalue weighted by atomic mass is 16.6. The average molecular weight is 221 g/mol. The number of fused-ring (bicyclic) bond motifs is 1. The maximum Gasteiger partial charge on any atom is 0.273 e. The van der Waals surface area contributed by atoms with E-state index in [4.69, 9.17) is 4.74 Å². The normalized spacial score (nSPS) is 14.2. The van der Waals surface area contributed by atoms with Gasteiger partial charge < -0.3 is 4.74 Å². The number of carbonyl (C=O) groups excluding carboxylic acids is 1. The Labute approximate surface area is 92.2 Å². The molecule has 1 aromatic rings. The third-order valence-corrected chi connectivity index (χ3v) is 2.89. The third kappa shape index (κ3) is 1.44. The van der Waals surface area contributed by atoms with E-state index in [0.717, 1.165) is 0 Å². The van der Waals surface area contributed by atoms with Crippen molar-refractivity contribution in [1.29, 1.82) is 0 Å². The van der Waals surface area contributed by atoms with Crippen molar-refractivity contribution < 1.29 is 14.5 Å². The highest BCUT2D eigenvalue weighted by Crippen LogP contribution is 2.35. The van der Waals surface area contributed by atoms with E-state index in [1.165, 1.54) is 6.07 Å². The molecule has 0 unspecified atom stereocenters. The van der Waals surface area contributed by atoms with Crippen LogP contribution in [0.2, 0.25) is 0 Å². The standard InChI is InChI=1S/C11H11NO4/c1-6-7(2)11-8(5-9(6)12(14)15)10(13)3-4-16-11/h5H,3-4H2,1-2H3. The van der Waals surface area contributed by atoms with Crippen LogP contribution >= 0.6 is 0 Å². The molecular formula is C11H11NO4. The first-order valence-corrected chi connectivity index (χ1v) is 4.97. The number of benzene rings is 1. The molecule has 84 valence electrons. The smallest absolute Gasteiger partial charge is 0.273 e. The van der Waals surface area contributed by atoms with Crippen LogP contribution in [-0.4, -0.2) is 17.3 Å². The number of hydrogen-bond donors (Lipinski definition) is 0. The van der Waals surface area contributed by atoms with Crippen LogP contribution in [0.1, 0.15) is 27.9 Å². The van der Waals surface area contributed by atoms with Crippen molar-refractivity contribution in [2.75, 3.05) is 6.61 Å². The van der Waals surface area contributed by atoms with E-state index < -0.39 is 4.92 Å². The molecule has 0 bridgehead atoms. The molecule has 2 rings (SSSR count). The fourth-order valence-electron chi connectivity index (χ4n) is 1.84. The lowest BCUT2D eigenvalue weighted by molar-refractivity contribution is -0.385. The average Bonchev–Trinajstić information content (AvgIpc) is 2.23. The van der Waals surface area contributed by atoms with E-state index in [1.807, 2.05) is 0 Å². The molecule has 16 heavy (non-hydrogen) atoms. The molecule has 0 aromatic heterocycles. The SMILES string of the molecule is Cc1c([N+](=O)[O-])cc2c(c1C)OCCC2=O. The molecule has 1 heterocycles. The van der Waals surface area contributed by atoms with Gasteiger partial charge in [0, 0.05) is 23.6 Å². The summed E-state index contributed by atoms with van der Waals surface area (Å²) in [4.78, 5) is 22.0. The predicted molar refractivity (Wildman–Crippen MR) is 57.0 cm³/mol. The number of hydrogen-bond acceptors (Lipinski definition) is 4. The first kappa shape index (κ1) is 10.6. The molecule has 1 aliphatic rings. The first-order valence-electron chi connectivity index (χ1n) is 4.97. The van der Waals surface area contributed by atoms with Crippen LogP contribution in [0.15, 0.2) is 6.07 Å². The van der Waals surface area contributed by atoms with Crippen molar-refractivity contribution in [1.82, 2.24) is 0 Å². The van der Waals surface area contributed by atoms with Crippen molar-refractivity contribution in [3.8, 4) is 5.75 Å². The van der Waals surface area contributed by atoms with Crippen LogP contribution < -0.4 is 4.74 Å². The van der Waals surface area contributed by atoms with E-state index in [0.29, 0.717) is 29.0 Å². The molecule has 0 atom stereocenters. The second-order valence-electron chi connectivity index (χ2n) is 3.80. The summed E-state index contributed by atoms with van der Waals surface area (Å²) in [5.41, 5.74) is 1.55. The minimum Gasteiger partial charge on any atom is -0.492 e. The van der Waals surface area contributed by atoms with Gasteiger partial charge >= 0.3 is 0 Å². The summed E-state index contributed by atoms with van der Waals surface area (Å²) in [5, 5.41) is 10.8. The maximum atomic E-state index is 11.6. The number of ether oxygens (including phenoxy) is 1. The van der Waals surface area contributed by atoms with Gasteiger partial charge in [-0.1, -0.05) is 0 Å². The van der Waals surface area contributed by atoms with Crippen molar-refractivity contribution in [3.05, 3.63) is 32.9 Å². The number of nitro benzene ring substituents is 1. The summed E-state index contributed by atoms with van der Waals surface area (Å²) in [5.74, 6) is 0.409. The quantitative estimate of drug-likeness (QED) is 0.538. The van der Waals surface area contributed by atoms with Crippen molar-refractivity contribution in [2.24, 2.45) is 0 Å². The Hall–Kier alpha value is -1.91. The lowest BCUT2D eigenvalue weighted by Gasteiger charge is -2.19. The first-order chi connectivity index (χ1) is 7.52. The van der Waals surface area contributed by atoms with E-state index in [-0.39, 0.29) is 17.9 Å². The monoisotopic (exact) mass is 221 g/mol. The van der Waals surface area contributed by atoms with E-state index >= 15 is 0 Å². The van der Waals surface area contributed by atoms with Gasteiger partial charge in [-0.05, 0) is 13.8 Å². The van der Waals surface area contributed by atoms with Crippen molar-refractivity contribution in [2.45, 2.75) is 20.3 Å². The zero-order valence-electron chi connectivity index (χ0n) is 9.07. The van der Waals surface area contributed by atoms with Gasteiger partial charge in [-0.25, -0.2) is 0 Å². The Morgan fingerprint density at radius 3 is 2.69 bits per heavy atom. The van der Waals surface area contributed by atoms with Gasteiger partial charge in [0.15, 0.2) is 5.78 Å². The molecular weight excluding hydrogens is 210 g/mol. The molecule has 5 heteroatoms. The van der Waals surface area contributed by atoms with Gasteiger partial charge in [0.2, 0.25) is 0 Å². The summed E-state index contributed by atoms with van der Waals surface area (Å²) in [6.07, 6.45) is 0.284. The van der Waals surface area contributed by atoms with Gasteiger partial charge in [0.05, 0.1) is 17.1 Å². The molecule has 1 aromatic carbocycles. The number of carbonyl (C=O) groups is 1. The highest BCUT2D eigenvalue weighted by molar-refractivity contribution is 6.01. The third-order valence-electron chi connectivity index (χ3n) is 2.89. The summed E-state index contributed by atoms with van der Waals surface area (Å²) in [7, 11) is 0. The zero-order chi connectivity index (χ0) is 11.9. The second-order valence-corrected chi connectivity index (χ2v) is 3.80. The molecule has 0 radical (unpaired) electrons. The van der Waals surface area contributed by atoms with Crippen molar-refractivity contribution >= 4 is 11.5 Å². The molecule has 0 amide bonds. The fourth-order valence-corrected chi connectivity index (χ4v) is 1.84. The molecule has 0 fully saturated rings. The molecule has 0 saturated carbocycles. The largest absolute Gasteiger partial charge is 0.492 e. The van der Waals surface area contributed by atoms with Gasteiger partial charge in [-0.2, -0.15) is 0 Å². The van der Waals surface area contributed by atoms with Gasteiger partial charge in [-0.15, -0.1) is 0 Å². The summed E-state index contributed by atoms with van der Waals surface area (Å²) < 4.78 is 5.40. The maximum absolute atomic E-state index is 11.6. The number of nitro groups is 1. The van der Waals surface area contributed by atoms with Crippen LogP contribution in [0, 0.1) is 24.0 Å². The summed E-state index contributed by atoms with van der Waals surface area (Å²) >= 11 is 0. The highest BCUT2D eigenvalue weighted by Gasteiger charge is 2.26. The molecule has 5 nitrogen and oxygen atoms in total. The predicted octanol–water partition coefficient (Wildman–Crippen LogP) is 2.18. The lowest BCUT2D eigenvalue weighted by atomic mass is 9.97. The minimum absolute atomic E-state index is 0.0184. The van der Waals surface area contributed by atoms with Gasteiger partial charge in [0.1, 0.15) is 5.75 Å². The number of ketones is 1. The molecule has 1 aliphatic heterocycles. The van der Waals surface area contributed by atoms with Crippen LogP contribution in [0.3, 0.4) is 0 Å². The zero-order valence-corrected chi connectivity index (χ0v) is 9.07. The van der Waals surface area contributed by atoms with E-state index in [2.05, 4.69) is 0 Å². The molecule has 0 aliphatic carbocycles. The summed E-state index contributed by atoms with van der Waals surface area (Å²) in [6.45, 7) is 3.75. The molecule has 0 N–H and O–H groups in total. The van der Waals surface area contributed by atoms with Crippen LogP contribution in [0.5, 0.6) is 5.75 Å². The van der Waals surface area contributed by atoms with Crippen LogP contribution in [-0.2, 0) is 0 Å². The minimum atomic E-state index is -0.468. The van der Waals surface area contributed by atoms with Crippen molar-refractivity contribution in [3.63, 3.8) is 0 Å². The number of Topliss-reactive ketones (excluding diaryl/α,β-unsaturated/α-hetero) is 1. The number of rotatable bonds is 1. The lowest BCUT2D eigenvalue weighted by Crippen LogP contribution is -2.17. The Kier molecular flexibility index (Phi) is 2.38. The number of nitrogens with zero attached hydrogens (tertiary/aromatic N) is 1. The Morgan fingerprint density at radius 2 is 2.06 bits per heavy atom. The van der Waals surface area contributed by atoms with E-state index in [9.17, 15) is 14.9 Å². The Balaban J connectivity index is 2.71. The van der Waals surface area contributed by atoms with Gasteiger partial charge in [-0.3, -0.25) is 14.9 Å². The Morgan fingerprint density at radius 1 is 1.38 bits per heavy atom. The topological polar surface area (TPSA) is 69.4 Å². The molecule has 0 saturated heterocycles. The van der Waals surface area contributed by atoms with Gasteiger partial charge in [0.25, 0.3) is 5.69 Å². The second kappa shape index (κ2) is 3.59. The van der Waals surface area contributed by atoms with Crippen LogP contribution in [0.4, 0.5) is 5.69 Å². The summed E-state index contributed by atoms with van der Waals surface area (Å²) in [6, 6.07) is 1.32. The fraction of sp³-hybridized carbons (Fsp3) is 0.364. The van der Waals surface area contributed by atoms with E-state index in [1.54, 1.807) is 13.8 Å². The van der Waals surface area contributed by atoms with Crippen LogP contribution in [0.25, 0.3) is 0 Å².